The second-order valence-corrected chi connectivity index (χ2v) is 8.68. The molecule has 8 heteroatoms. The maximum absolute atomic E-state index is 11.6. The van der Waals surface area contributed by atoms with Crippen LogP contribution in [0.25, 0.3) is 34.0 Å². The van der Waals surface area contributed by atoms with Crippen LogP contribution in [-0.2, 0) is 21.4 Å². The number of nitrogens with zero attached hydrogens (tertiary/aromatic N) is 2. The summed E-state index contributed by atoms with van der Waals surface area (Å²) in [5, 5.41) is 9.22. The largest absolute Gasteiger partial charge is 0.380 e. The molecule has 4 aromatic rings. The van der Waals surface area contributed by atoms with Gasteiger partial charge in [-0.3, -0.25) is 0 Å². The van der Waals surface area contributed by atoms with Crippen molar-refractivity contribution in [2.24, 2.45) is 5.14 Å². The minimum Gasteiger partial charge on any atom is -0.380 e. The van der Waals surface area contributed by atoms with Gasteiger partial charge < -0.3 is 9.26 Å². The second kappa shape index (κ2) is 8.43. The third-order valence-corrected chi connectivity index (χ3v) is 5.85. The van der Waals surface area contributed by atoms with Crippen molar-refractivity contribution in [2.45, 2.75) is 18.4 Å². The van der Waals surface area contributed by atoms with E-state index < -0.39 is 10.0 Å². The zero-order chi connectivity index (χ0) is 22.0. The van der Waals surface area contributed by atoms with Crippen LogP contribution in [0.5, 0.6) is 0 Å². The average molecular weight is 436 g/mol. The van der Waals surface area contributed by atoms with Crippen molar-refractivity contribution in [1.29, 1.82) is 0 Å². The molecule has 0 bridgehead atoms. The normalized spacial score (nSPS) is 11.6. The fourth-order valence-corrected chi connectivity index (χ4v) is 3.97. The Morgan fingerprint density at radius 1 is 0.968 bits per heavy atom. The summed E-state index contributed by atoms with van der Waals surface area (Å²) in [6.45, 7) is 2.49. The highest BCUT2D eigenvalue weighted by molar-refractivity contribution is 7.89. The van der Waals surface area contributed by atoms with E-state index in [2.05, 4.69) is 29.2 Å². The third kappa shape index (κ3) is 4.41. The first-order valence-corrected chi connectivity index (χ1v) is 11.1. The zero-order valence-corrected chi connectivity index (χ0v) is 17.9. The first kappa shape index (κ1) is 20.9. The van der Waals surface area contributed by atoms with Crippen molar-refractivity contribution in [3.8, 4) is 34.0 Å². The van der Waals surface area contributed by atoms with Gasteiger partial charge in [0.05, 0.1) is 11.5 Å². The lowest BCUT2D eigenvalue weighted by Crippen LogP contribution is -2.11. The lowest BCUT2D eigenvalue weighted by molar-refractivity contribution is 0.185. The van der Waals surface area contributed by atoms with Crippen molar-refractivity contribution < 1.29 is 17.7 Å². The molecule has 1 heterocycles. The number of primary sulfonamides is 1. The van der Waals surface area contributed by atoms with Gasteiger partial charge in [-0.2, -0.15) is 4.98 Å². The number of hydrogen-bond donors (Lipinski definition) is 1. The maximum atomic E-state index is 11.6. The molecule has 0 amide bonds. The molecule has 0 saturated carbocycles. The Morgan fingerprint density at radius 2 is 1.77 bits per heavy atom. The van der Waals surface area contributed by atoms with Gasteiger partial charge in [0.1, 0.15) is 0 Å². The molecule has 158 valence electrons. The van der Waals surface area contributed by atoms with E-state index in [0.29, 0.717) is 18.1 Å². The van der Waals surface area contributed by atoms with Gasteiger partial charge >= 0.3 is 0 Å². The number of aryl methyl sites for hydroxylation is 1. The minimum atomic E-state index is -3.83. The van der Waals surface area contributed by atoms with Gasteiger partial charge in [-0.1, -0.05) is 47.6 Å². The second-order valence-electron chi connectivity index (χ2n) is 7.12. The molecule has 0 aliphatic heterocycles. The van der Waals surface area contributed by atoms with Crippen molar-refractivity contribution in [3.63, 3.8) is 0 Å². The van der Waals surface area contributed by atoms with Crippen LogP contribution in [0.15, 0.2) is 76.1 Å². The highest BCUT2D eigenvalue weighted by Gasteiger charge is 2.16. The van der Waals surface area contributed by atoms with Crippen LogP contribution >= 0.6 is 0 Å². The molecule has 0 radical (unpaired) electrons. The van der Waals surface area contributed by atoms with Gasteiger partial charge in [0.15, 0.2) is 0 Å². The molecule has 0 saturated heterocycles. The molecule has 7 nitrogen and oxygen atoms in total. The van der Waals surface area contributed by atoms with Crippen molar-refractivity contribution in [1.82, 2.24) is 10.1 Å². The molecule has 0 aliphatic rings. The molecule has 0 unspecified atom stereocenters. The lowest BCUT2D eigenvalue weighted by atomic mass is 9.94. The Labute approximate surface area is 180 Å². The van der Waals surface area contributed by atoms with E-state index in [4.69, 9.17) is 14.4 Å². The van der Waals surface area contributed by atoms with E-state index in [-0.39, 0.29) is 10.7 Å². The van der Waals surface area contributed by atoms with E-state index in [9.17, 15) is 8.42 Å². The van der Waals surface area contributed by atoms with E-state index >= 15 is 0 Å². The fraction of sp³-hybridized carbons (Fsp3) is 0.130. The number of nitrogens with two attached hydrogens (primary N) is 1. The van der Waals surface area contributed by atoms with Crippen LogP contribution in [0.4, 0.5) is 0 Å². The zero-order valence-electron chi connectivity index (χ0n) is 17.1. The highest BCUT2D eigenvalue weighted by Crippen LogP contribution is 2.31. The van der Waals surface area contributed by atoms with Crippen molar-refractivity contribution in [2.75, 3.05) is 7.11 Å². The monoisotopic (exact) mass is 435 g/mol. The van der Waals surface area contributed by atoms with Crippen LogP contribution in [0.2, 0.25) is 0 Å². The van der Waals surface area contributed by atoms with Crippen LogP contribution in [0.3, 0.4) is 0 Å². The summed E-state index contributed by atoms with van der Waals surface area (Å²) in [5.74, 6) is 0.599. The topological polar surface area (TPSA) is 108 Å². The quantitative estimate of drug-likeness (QED) is 0.487. The molecular weight excluding hydrogens is 414 g/mol. The van der Waals surface area contributed by atoms with Crippen molar-refractivity contribution in [3.05, 3.63) is 77.9 Å². The summed E-state index contributed by atoms with van der Waals surface area (Å²) >= 11 is 0. The van der Waals surface area contributed by atoms with Crippen LogP contribution in [-0.4, -0.2) is 25.7 Å². The Balaban J connectivity index is 1.73. The van der Waals surface area contributed by atoms with Crippen LogP contribution in [0.1, 0.15) is 11.1 Å². The summed E-state index contributed by atoms with van der Waals surface area (Å²) < 4.78 is 34.1. The summed E-state index contributed by atoms with van der Waals surface area (Å²) in [7, 11) is -2.17. The van der Waals surface area contributed by atoms with Gasteiger partial charge in [-0.15, -0.1) is 0 Å². The van der Waals surface area contributed by atoms with Crippen LogP contribution < -0.4 is 5.14 Å². The minimum absolute atomic E-state index is 0.0127. The number of hydrogen-bond acceptors (Lipinski definition) is 6. The third-order valence-electron chi connectivity index (χ3n) is 4.93. The molecule has 0 atom stereocenters. The van der Waals surface area contributed by atoms with Gasteiger partial charge in [-0.25, -0.2) is 13.6 Å². The number of benzene rings is 3. The Bertz CT molecular complexity index is 1350. The first-order chi connectivity index (χ1) is 14.9. The number of aromatic nitrogens is 2. The standard InChI is InChI=1S/C23H21N3O4S/c1-15-6-3-4-9-20(15)21-11-10-17(12-18(21)14-29-2)23-25-22(26-30-23)16-7-5-8-19(13-16)31(24,27)28/h3-13H,14H2,1-2H3,(H2,24,27,28). The first-order valence-electron chi connectivity index (χ1n) is 9.52. The Kier molecular flexibility index (Phi) is 5.69. The van der Waals surface area contributed by atoms with Gasteiger partial charge in [0, 0.05) is 18.2 Å². The molecule has 0 spiro atoms. The molecule has 3 aromatic carbocycles. The molecular formula is C23H21N3O4S. The summed E-state index contributed by atoms with van der Waals surface area (Å²) in [5.41, 5.74) is 5.60. The van der Waals surface area contributed by atoms with E-state index in [1.54, 1.807) is 19.2 Å². The van der Waals surface area contributed by atoms with Gasteiger partial charge in [-0.05, 0) is 53.4 Å². The number of methoxy groups -OCH3 is 1. The number of rotatable bonds is 6. The van der Waals surface area contributed by atoms with Crippen LogP contribution in [0, 0.1) is 6.92 Å². The van der Waals surface area contributed by atoms with E-state index in [1.807, 2.05) is 30.3 Å². The van der Waals surface area contributed by atoms with Crippen molar-refractivity contribution >= 4 is 10.0 Å². The highest BCUT2D eigenvalue weighted by atomic mass is 32.2. The molecule has 0 fully saturated rings. The van der Waals surface area contributed by atoms with E-state index in [0.717, 1.165) is 22.3 Å². The van der Waals surface area contributed by atoms with Gasteiger partial charge in [0.2, 0.25) is 15.8 Å². The summed E-state index contributed by atoms with van der Waals surface area (Å²) in [6, 6.07) is 20.2. The fourth-order valence-electron chi connectivity index (χ4n) is 3.41. The molecule has 2 N–H and O–H groups in total. The molecule has 1 aromatic heterocycles. The molecule has 0 aliphatic carbocycles. The molecule has 4 rings (SSSR count). The molecule has 31 heavy (non-hydrogen) atoms. The summed E-state index contributed by atoms with van der Waals surface area (Å²) in [4.78, 5) is 4.43. The smallest absolute Gasteiger partial charge is 0.258 e. The van der Waals surface area contributed by atoms with E-state index in [1.165, 1.54) is 17.7 Å². The number of sulfonamides is 1. The SMILES string of the molecule is COCc1cc(-c2nc(-c3cccc(S(N)(=O)=O)c3)no2)ccc1-c1ccccc1C. The number of ether oxygens (including phenoxy) is 1. The Hall–Kier alpha value is -3.33. The predicted octanol–water partition coefficient (Wildman–Crippen LogP) is 4.17. The lowest BCUT2D eigenvalue weighted by Gasteiger charge is -2.12. The van der Waals surface area contributed by atoms with Gasteiger partial charge in [0.25, 0.3) is 5.89 Å². The maximum Gasteiger partial charge on any atom is 0.258 e. The average Bonchev–Trinajstić information content (AvgIpc) is 3.24. The Morgan fingerprint density at radius 3 is 2.52 bits per heavy atom. The summed E-state index contributed by atoms with van der Waals surface area (Å²) in [6.07, 6.45) is 0. The predicted molar refractivity (Wildman–Crippen MR) is 117 cm³/mol.